The number of ether oxygens (including phenoxy) is 2. The van der Waals surface area contributed by atoms with E-state index in [0.717, 1.165) is 17.5 Å². The van der Waals surface area contributed by atoms with Gasteiger partial charge < -0.3 is 14.8 Å². The molecular formula is C22H27NO4. The van der Waals surface area contributed by atoms with Crippen molar-refractivity contribution in [2.75, 3.05) is 25.6 Å². The monoisotopic (exact) mass is 369 g/mol. The second-order valence-corrected chi connectivity index (χ2v) is 6.57. The van der Waals surface area contributed by atoms with Crippen LogP contribution >= 0.6 is 0 Å². The number of benzene rings is 2. The molecule has 1 N–H and O–H groups in total. The lowest BCUT2D eigenvalue weighted by molar-refractivity contribution is 0.0938. The Morgan fingerprint density at radius 1 is 1.07 bits per heavy atom. The number of carbonyl (C=O) groups is 2. The Balaban J connectivity index is 2.13. The molecule has 2 aromatic carbocycles. The van der Waals surface area contributed by atoms with E-state index in [1.54, 1.807) is 43.5 Å². The maximum Gasteiger partial charge on any atom is 0.255 e. The summed E-state index contributed by atoms with van der Waals surface area (Å²) in [7, 11) is 1.61. The molecule has 0 aliphatic carbocycles. The van der Waals surface area contributed by atoms with Crippen LogP contribution in [0, 0.1) is 5.92 Å². The van der Waals surface area contributed by atoms with Crippen LogP contribution in [0.15, 0.2) is 42.5 Å². The predicted octanol–water partition coefficient (Wildman–Crippen LogP) is 4.37. The van der Waals surface area contributed by atoms with Gasteiger partial charge in [-0.25, -0.2) is 0 Å². The summed E-state index contributed by atoms with van der Waals surface area (Å²) in [5.74, 6) is 0.450. The van der Waals surface area contributed by atoms with Crippen molar-refractivity contribution < 1.29 is 19.1 Å². The quantitative estimate of drug-likeness (QED) is 0.527. The predicted molar refractivity (Wildman–Crippen MR) is 107 cm³/mol. The molecule has 0 unspecified atom stereocenters. The van der Waals surface area contributed by atoms with Crippen molar-refractivity contribution in [3.8, 4) is 5.75 Å². The van der Waals surface area contributed by atoms with Crippen molar-refractivity contribution in [1.82, 2.24) is 0 Å². The highest BCUT2D eigenvalue weighted by molar-refractivity contribution is 6.05. The molecule has 0 aliphatic heterocycles. The van der Waals surface area contributed by atoms with Crippen LogP contribution in [0.2, 0.25) is 0 Å². The van der Waals surface area contributed by atoms with E-state index >= 15 is 0 Å². The van der Waals surface area contributed by atoms with E-state index in [1.807, 2.05) is 26.8 Å². The molecular weight excluding hydrogens is 342 g/mol. The van der Waals surface area contributed by atoms with Gasteiger partial charge in [0, 0.05) is 29.8 Å². The van der Waals surface area contributed by atoms with Gasteiger partial charge in [-0.1, -0.05) is 26.8 Å². The van der Waals surface area contributed by atoms with Crippen LogP contribution in [0.25, 0.3) is 0 Å². The van der Waals surface area contributed by atoms with Gasteiger partial charge >= 0.3 is 0 Å². The van der Waals surface area contributed by atoms with E-state index in [0.29, 0.717) is 30.2 Å². The average molecular weight is 369 g/mol. The van der Waals surface area contributed by atoms with Gasteiger partial charge in [-0.05, 0) is 48.4 Å². The van der Waals surface area contributed by atoms with Crippen LogP contribution in [0.4, 0.5) is 5.69 Å². The number of anilines is 1. The Morgan fingerprint density at radius 2 is 1.85 bits per heavy atom. The second-order valence-electron chi connectivity index (χ2n) is 6.57. The van der Waals surface area contributed by atoms with Gasteiger partial charge in [0.2, 0.25) is 0 Å². The number of rotatable bonds is 9. The molecule has 2 rings (SSSR count). The molecule has 2 aromatic rings. The Bertz CT molecular complexity index is 799. The van der Waals surface area contributed by atoms with Crippen LogP contribution in [0.3, 0.4) is 0 Å². The molecule has 0 atom stereocenters. The van der Waals surface area contributed by atoms with Crippen LogP contribution in [-0.2, 0) is 11.2 Å². The maximum absolute atomic E-state index is 12.6. The number of ketones is 1. The van der Waals surface area contributed by atoms with E-state index in [2.05, 4.69) is 5.32 Å². The topological polar surface area (TPSA) is 64.6 Å². The third kappa shape index (κ3) is 5.66. The summed E-state index contributed by atoms with van der Waals surface area (Å²) in [5.41, 5.74) is 2.83. The van der Waals surface area contributed by atoms with Crippen LogP contribution in [-0.4, -0.2) is 32.0 Å². The third-order valence-corrected chi connectivity index (χ3v) is 4.19. The minimum absolute atomic E-state index is 0.0587. The number of aryl methyl sites for hydroxylation is 1. The number of nitrogens with one attached hydrogen (secondary N) is 1. The zero-order chi connectivity index (χ0) is 19.8. The first-order valence-electron chi connectivity index (χ1n) is 9.16. The summed E-state index contributed by atoms with van der Waals surface area (Å²) in [4.78, 5) is 24.9. The summed E-state index contributed by atoms with van der Waals surface area (Å²) in [6, 6.07) is 12.4. The standard InChI is InChI=1S/C22H27NO4/c1-5-16-13-18(9-10-20(16)21(24)15(2)3)23-22(25)17-7-6-8-19(14-17)27-12-11-26-4/h6-10,13-15H,5,11-12H2,1-4H3,(H,23,25). The lowest BCUT2D eigenvalue weighted by Crippen LogP contribution is -2.14. The molecule has 0 saturated carbocycles. The highest BCUT2D eigenvalue weighted by Gasteiger charge is 2.15. The van der Waals surface area contributed by atoms with Crippen LogP contribution in [0.5, 0.6) is 5.75 Å². The molecule has 0 fully saturated rings. The van der Waals surface area contributed by atoms with Crippen molar-refractivity contribution in [3.05, 3.63) is 59.2 Å². The maximum atomic E-state index is 12.6. The van der Waals surface area contributed by atoms with Gasteiger partial charge in [-0.15, -0.1) is 0 Å². The summed E-state index contributed by atoms with van der Waals surface area (Å²) in [6.07, 6.45) is 0.723. The fourth-order valence-corrected chi connectivity index (χ4v) is 2.69. The number of amides is 1. The van der Waals surface area contributed by atoms with E-state index < -0.39 is 0 Å². The average Bonchev–Trinajstić information content (AvgIpc) is 2.67. The molecule has 5 nitrogen and oxygen atoms in total. The number of Topliss-reactive ketones (excluding diaryl/α,β-unsaturated/α-hetero) is 1. The van der Waals surface area contributed by atoms with Crippen molar-refractivity contribution in [1.29, 1.82) is 0 Å². The summed E-state index contributed by atoms with van der Waals surface area (Å²) < 4.78 is 10.5. The molecule has 0 bridgehead atoms. The van der Waals surface area contributed by atoms with E-state index in [4.69, 9.17) is 9.47 Å². The van der Waals surface area contributed by atoms with Crippen molar-refractivity contribution in [3.63, 3.8) is 0 Å². The first-order chi connectivity index (χ1) is 13.0. The minimum Gasteiger partial charge on any atom is -0.491 e. The molecule has 5 heteroatoms. The lowest BCUT2D eigenvalue weighted by Gasteiger charge is -2.13. The lowest BCUT2D eigenvalue weighted by atomic mass is 9.94. The van der Waals surface area contributed by atoms with Crippen LogP contribution in [0.1, 0.15) is 47.1 Å². The fourth-order valence-electron chi connectivity index (χ4n) is 2.69. The number of hydrogen-bond acceptors (Lipinski definition) is 4. The minimum atomic E-state index is -0.225. The Labute approximate surface area is 160 Å². The van der Waals surface area contributed by atoms with Crippen molar-refractivity contribution >= 4 is 17.4 Å². The first kappa shape index (κ1) is 20.6. The van der Waals surface area contributed by atoms with E-state index in [-0.39, 0.29) is 17.6 Å². The molecule has 0 heterocycles. The highest BCUT2D eigenvalue weighted by atomic mass is 16.5. The van der Waals surface area contributed by atoms with E-state index in [9.17, 15) is 9.59 Å². The van der Waals surface area contributed by atoms with Gasteiger partial charge in [0.15, 0.2) is 5.78 Å². The SMILES string of the molecule is CCc1cc(NC(=O)c2cccc(OCCOC)c2)ccc1C(=O)C(C)C. The molecule has 27 heavy (non-hydrogen) atoms. The van der Waals surface area contributed by atoms with Crippen molar-refractivity contribution in [2.45, 2.75) is 27.2 Å². The third-order valence-electron chi connectivity index (χ3n) is 4.19. The number of methoxy groups -OCH3 is 1. The van der Waals surface area contributed by atoms with Gasteiger partial charge in [-0.2, -0.15) is 0 Å². The Morgan fingerprint density at radius 3 is 2.52 bits per heavy atom. The fraction of sp³-hybridized carbons (Fsp3) is 0.364. The zero-order valence-electron chi connectivity index (χ0n) is 16.4. The van der Waals surface area contributed by atoms with Crippen LogP contribution < -0.4 is 10.1 Å². The molecule has 1 amide bonds. The largest absolute Gasteiger partial charge is 0.491 e. The van der Waals surface area contributed by atoms with Gasteiger partial charge in [0.25, 0.3) is 5.91 Å². The molecule has 0 spiro atoms. The summed E-state index contributed by atoms with van der Waals surface area (Å²) >= 11 is 0. The molecule has 0 saturated heterocycles. The smallest absolute Gasteiger partial charge is 0.255 e. The molecule has 144 valence electrons. The Hall–Kier alpha value is -2.66. The summed E-state index contributed by atoms with van der Waals surface area (Å²) in [6.45, 7) is 6.68. The molecule has 0 aliphatic rings. The highest BCUT2D eigenvalue weighted by Crippen LogP contribution is 2.21. The molecule has 0 radical (unpaired) electrons. The first-order valence-corrected chi connectivity index (χ1v) is 9.16. The van der Waals surface area contributed by atoms with Gasteiger partial charge in [0.1, 0.15) is 12.4 Å². The number of hydrogen-bond donors (Lipinski definition) is 1. The summed E-state index contributed by atoms with van der Waals surface area (Å²) in [5, 5.41) is 2.89. The zero-order valence-corrected chi connectivity index (χ0v) is 16.4. The van der Waals surface area contributed by atoms with E-state index in [1.165, 1.54) is 0 Å². The normalized spacial score (nSPS) is 10.7. The number of carbonyl (C=O) groups excluding carboxylic acids is 2. The molecule has 0 aromatic heterocycles. The van der Waals surface area contributed by atoms with Gasteiger partial charge in [-0.3, -0.25) is 9.59 Å². The van der Waals surface area contributed by atoms with Gasteiger partial charge in [0.05, 0.1) is 6.61 Å². The second kappa shape index (κ2) is 9.88. The van der Waals surface area contributed by atoms with Crippen molar-refractivity contribution in [2.24, 2.45) is 5.92 Å². The Kier molecular flexibility index (Phi) is 7.55.